The van der Waals surface area contributed by atoms with Crippen LogP contribution in [0.25, 0.3) is 0 Å². The second-order valence-corrected chi connectivity index (χ2v) is 4.75. The lowest BCUT2D eigenvalue weighted by Crippen LogP contribution is -2.34. The van der Waals surface area contributed by atoms with E-state index in [1.165, 1.54) is 0 Å². The van der Waals surface area contributed by atoms with Crippen molar-refractivity contribution in [3.05, 3.63) is 12.1 Å². The first-order chi connectivity index (χ1) is 9.02. The first-order valence-corrected chi connectivity index (χ1v) is 6.26. The smallest absolute Gasteiger partial charge is 0.262 e. The van der Waals surface area contributed by atoms with Gasteiger partial charge in [-0.15, -0.1) is 0 Å². The van der Waals surface area contributed by atoms with Gasteiger partial charge in [0.15, 0.2) is 6.61 Å². The first kappa shape index (κ1) is 13.5. The van der Waals surface area contributed by atoms with E-state index >= 15 is 0 Å². The number of benzene rings is 1. The summed E-state index contributed by atoms with van der Waals surface area (Å²) in [5, 5.41) is 11.9. The quantitative estimate of drug-likeness (QED) is 0.701. The molecule has 0 radical (unpaired) electrons. The zero-order chi connectivity index (χ0) is 14.0. The van der Waals surface area contributed by atoms with E-state index in [0.717, 1.165) is 5.69 Å². The maximum absolute atomic E-state index is 11.3. The van der Waals surface area contributed by atoms with Crippen molar-refractivity contribution in [2.24, 2.45) is 0 Å². The summed E-state index contributed by atoms with van der Waals surface area (Å²) < 4.78 is 5.31. The predicted molar refractivity (Wildman–Crippen MR) is 74.5 cm³/mol. The van der Waals surface area contributed by atoms with Crippen molar-refractivity contribution in [3.63, 3.8) is 0 Å². The fraction of sp³-hybridized carbons (Fsp3) is 0.462. The summed E-state index contributed by atoms with van der Waals surface area (Å²) in [5.41, 5.74) is 8.00. The van der Waals surface area contributed by atoms with Crippen LogP contribution >= 0.6 is 0 Å². The van der Waals surface area contributed by atoms with Gasteiger partial charge >= 0.3 is 0 Å². The fourth-order valence-electron chi connectivity index (χ4n) is 2.14. The molecule has 1 aromatic carbocycles. The number of carbonyl (C=O) groups excluding carboxylic acids is 1. The third-order valence-electron chi connectivity index (χ3n) is 3.04. The highest BCUT2D eigenvalue weighted by atomic mass is 16.5. The number of nitrogens with one attached hydrogen (secondary N) is 1. The van der Waals surface area contributed by atoms with Crippen LogP contribution in [0.3, 0.4) is 0 Å². The van der Waals surface area contributed by atoms with Gasteiger partial charge < -0.3 is 25.8 Å². The van der Waals surface area contributed by atoms with Crippen molar-refractivity contribution in [2.75, 3.05) is 35.7 Å². The standard InChI is InChI=1S/C13H19N3O3/c1-8(2)16(3-4-17)11-6-10-12(5-9(11)14)19-7-13(18)15-10/h5-6,8,17H,3-4,7,14H2,1-2H3,(H,15,18). The lowest BCUT2D eigenvalue weighted by molar-refractivity contribution is -0.118. The largest absolute Gasteiger partial charge is 0.482 e. The Morgan fingerprint density at radius 2 is 2.26 bits per heavy atom. The molecular weight excluding hydrogens is 246 g/mol. The minimum absolute atomic E-state index is 0.0102. The number of rotatable bonds is 4. The molecule has 0 atom stereocenters. The van der Waals surface area contributed by atoms with E-state index in [0.29, 0.717) is 23.7 Å². The minimum atomic E-state index is -0.179. The Morgan fingerprint density at radius 3 is 2.89 bits per heavy atom. The van der Waals surface area contributed by atoms with Crippen LogP contribution in [0.5, 0.6) is 5.75 Å². The molecule has 4 N–H and O–H groups in total. The number of ether oxygens (including phenoxy) is 1. The van der Waals surface area contributed by atoms with Crippen molar-refractivity contribution >= 4 is 23.0 Å². The zero-order valence-corrected chi connectivity index (χ0v) is 11.1. The number of hydrogen-bond donors (Lipinski definition) is 3. The van der Waals surface area contributed by atoms with Gasteiger partial charge in [0.2, 0.25) is 0 Å². The molecule has 104 valence electrons. The molecule has 1 aromatic rings. The number of anilines is 3. The molecule has 6 heteroatoms. The normalized spacial score (nSPS) is 13.8. The molecule has 1 amide bonds. The molecule has 0 spiro atoms. The van der Waals surface area contributed by atoms with E-state index < -0.39 is 0 Å². The molecule has 6 nitrogen and oxygen atoms in total. The summed E-state index contributed by atoms with van der Waals surface area (Å²) in [4.78, 5) is 13.3. The predicted octanol–water partition coefficient (Wildman–Crippen LogP) is 0.807. The van der Waals surface area contributed by atoms with E-state index in [2.05, 4.69) is 5.32 Å². The van der Waals surface area contributed by atoms with Gasteiger partial charge in [0, 0.05) is 18.7 Å². The number of hydrogen-bond acceptors (Lipinski definition) is 5. The molecule has 0 aromatic heterocycles. The number of nitrogens with two attached hydrogens (primary N) is 1. The molecule has 1 aliphatic heterocycles. The first-order valence-electron chi connectivity index (χ1n) is 6.26. The van der Waals surface area contributed by atoms with Gasteiger partial charge in [-0.1, -0.05) is 0 Å². The van der Waals surface area contributed by atoms with Gasteiger partial charge in [0.1, 0.15) is 5.75 Å². The molecule has 19 heavy (non-hydrogen) atoms. The Morgan fingerprint density at radius 1 is 1.53 bits per heavy atom. The van der Waals surface area contributed by atoms with Crippen LogP contribution in [0, 0.1) is 0 Å². The SMILES string of the molecule is CC(C)N(CCO)c1cc2c(cc1N)OCC(=O)N2. The lowest BCUT2D eigenvalue weighted by Gasteiger charge is -2.31. The third-order valence-corrected chi connectivity index (χ3v) is 3.04. The molecule has 0 saturated carbocycles. The molecule has 1 aliphatic rings. The number of amides is 1. The van der Waals surface area contributed by atoms with E-state index in [4.69, 9.17) is 15.6 Å². The highest BCUT2D eigenvalue weighted by Crippen LogP contribution is 2.37. The third kappa shape index (κ3) is 2.73. The topological polar surface area (TPSA) is 87.8 Å². The summed E-state index contributed by atoms with van der Waals surface area (Å²) in [5.74, 6) is 0.398. The number of carbonyl (C=O) groups is 1. The molecule has 0 unspecified atom stereocenters. The van der Waals surface area contributed by atoms with Crippen LogP contribution in [0.2, 0.25) is 0 Å². The number of nitrogens with zero attached hydrogens (tertiary/aromatic N) is 1. The Labute approximate surface area is 112 Å². The maximum atomic E-state index is 11.3. The van der Waals surface area contributed by atoms with Crippen LogP contribution in [0.1, 0.15) is 13.8 Å². The van der Waals surface area contributed by atoms with Crippen molar-refractivity contribution < 1.29 is 14.6 Å². The van der Waals surface area contributed by atoms with Gasteiger partial charge in [0.05, 0.1) is 23.7 Å². The second kappa shape index (κ2) is 5.36. The minimum Gasteiger partial charge on any atom is -0.482 e. The number of nitrogen functional groups attached to an aromatic ring is 1. The van der Waals surface area contributed by atoms with Crippen molar-refractivity contribution in [2.45, 2.75) is 19.9 Å². The summed E-state index contributed by atoms with van der Waals surface area (Å²) in [7, 11) is 0. The summed E-state index contributed by atoms with van der Waals surface area (Å²) >= 11 is 0. The maximum Gasteiger partial charge on any atom is 0.262 e. The van der Waals surface area contributed by atoms with Gasteiger partial charge in [-0.3, -0.25) is 4.79 Å². The van der Waals surface area contributed by atoms with Gasteiger partial charge in [-0.2, -0.15) is 0 Å². The van der Waals surface area contributed by atoms with Crippen molar-refractivity contribution in [3.8, 4) is 5.75 Å². The van der Waals surface area contributed by atoms with Gasteiger partial charge in [-0.05, 0) is 19.9 Å². The Kier molecular flexibility index (Phi) is 3.80. The molecular formula is C13H19N3O3. The average Bonchev–Trinajstić information content (AvgIpc) is 2.35. The van der Waals surface area contributed by atoms with Crippen LogP contribution in [-0.2, 0) is 4.79 Å². The monoisotopic (exact) mass is 265 g/mol. The average molecular weight is 265 g/mol. The van der Waals surface area contributed by atoms with E-state index in [-0.39, 0.29) is 25.2 Å². The lowest BCUT2D eigenvalue weighted by atomic mass is 10.1. The van der Waals surface area contributed by atoms with Crippen LogP contribution in [-0.4, -0.2) is 36.8 Å². The molecule has 0 saturated heterocycles. The highest BCUT2D eigenvalue weighted by Gasteiger charge is 2.21. The highest BCUT2D eigenvalue weighted by molar-refractivity contribution is 5.97. The Bertz CT molecular complexity index is 488. The van der Waals surface area contributed by atoms with Gasteiger partial charge in [-0.25, -0.2) is 0 Å². The molecule has 0 aliphatic carbocycles. The fourth-order valence-corrected chi connectivity index (χ4v) is 2.14. The molecule has 2 rings (SSSR count). The van der Waals surface area contributed by atoms with Crippen molar-refractivity contribution in [1.29, 1.82) is 0 Å². The molecule has 1 heterocycles. The molecule has 0 bridgehead atoms. The zero-order valence-electron chi connectivity index (χ0n) is 11.1. The summed E-state index contributed by atoms with van der Waals surface area (Å²) in [6.45, 7) is 4.57. The van der Waals surface area contributed by atoms with E-state index in [1.54, 1.807) is 12.1 Å². The number of aliphatic hydroxyl groups excluding tert-OH is 1. The van der Waals surface area contributed by atoms with Crippen LogP contribution < -0.4 is 20.7 Å². The summed E-state index contributed by atoms with van der Waals surface area (Å²) in [6.07, 6.45) is 0. The van der Waals surface area contributed by atoms with E-state index in [1.807, 2.05) is 18.7 Å². The van der Waals surface area contributed by atoms with Crippen molar-refractivity contribution in [1.82, 2.24) is 0 Å². The summed E-state index contributed by atoms with van der Waals surface area (Å²) in [6, 6.07) is 3.68. The Hall–Kier alpha value is -1.95. The van der Waals surface area contributed by atoms with Gasteiger partial charge in [0.25, 0.3) is 5.91 Å². The second-order valence-electron chi connectivity index (χ2n) is 4.75. The molecule has 0 fully saturated rings. The number of fused-ring (bicyclic) bond motifs is 1. The Balaban J connectivity index is 2.40. The van der Waals surface area contributed by atoms with Crippen LogP contribution in [0.4, 0.5) is 17.1 Å². The van der Waals surface area contributed by atoms with Crippen LogP contribution in [0.15, 0.2) is 12.1 Å². The van der Waals surface area contributed by atoms with E-state index in [9.17, 15) is 4.79 Å². The number of aliphatic hydroxyl groups is 1.